The van der Waals surface area contributed by atoms with Crippen LogP contribution in [0.2, 0.25) is 0 Å². The van der Waals surface area contributed by atoms with Crippen LogP contribution in [0.25, 0.3) is 49.9 Å². The van der Waals surface area contributed by atoms with Gasteiger partial charge in [0.15, 0.2) is 5.76 Å². The molecule has 0 unspecified atom stereocenters. The molecular formula is C31H19BrN4O2. The van der Waals surface area contributed by atoms with Gasteiger partial charge in [0.05, 0.1) is 22.8 Å². The molecule has 0 amide bonds. The Balaban J connectivity index is 1.38. The maximum Gasteiger partial charge on any atom is 0.282 e. The average Bonchev–Trinajstić information content (AvgIpc) is 3.59. The van der Waals surface area contributed by atoms with Crippen LogP contribution in [-0.2, 0) is 0 Å². The van der Waals surface area contributed by atoms with Crippen molar-refractivity contribution in [1.82, 2.24) is 14.2 Å². The summed E-state index contributed by atoms with van der Waals surface area (Å²) < 4.78 is 10.4. The first-order chi connectivity index (χ1) is 18.6. The number of hydrogen-bond acceptors (Lipinski definition) is 4. The second-order valence-electron chi connectivity index (χ2n) is 8.94. The van der Waals surface area contributed by atoms with Crippen molar-refractivity contribution in [3.8, 4) is 17.3 Å². The van der Waals surface area contributed by atoms with Crippen LogP contribution in [0.4, 0.5) is 0 Å². The molecule has 0 spiro atoms. The highest BCUT2D eigenvalue weighted by Crippen LogP contribution is 2.29. The van der Waals surface area contributed by atoms with Gasteiger partial charge in [0.25, 0.3) is 5.56 Å². The number of nitrogens with zero attached hydrogens (tertiary/aromatic N) is 4. The van der Waals surface area contributed by atoms with Crippen LogP contribution >= 0.6 is 15.9 Å². The Morgan fingerprint density at radius 2 is 1.66 bits per heavy atom. The molecule has 6 nitrogen and oxygen atoms in total. The molecule has 3 heterocycles. The summed E-state index contributed by atoms with van der Waals surface area (Å²) in [7, 11) is 0. The van der Waals surface area contributed by atoms with Crippen molar-refractivity contribution in [2.75, 3.05) is 0 Å². The topological polar surface area (TPSA) is 65.3 Å². The van der Waals surface area contributed by atoms with Gasteiger partial charge in [-0.15, -0.1) is 0 Å². The van der Waals surface area contributed by atoms with E-state index in [-0.39, 0.29) is 5.56 Å². The summed E-state index contributed by atoms with van der Waals surface area (Å²) in [6.07, 6.45) is 3.65. The van der Waals surface area contributed by atoms with E-state index in [0.717, 1.165) is 26.6 Å². The summed E-state index contributed by atoms with van der Waals surface area (Å²) in [4.78, 5) is 18.4. The zero-order chi connectivity index (χ0) is 25.6. The van der Waals surface area contributed by atoms with Gasteiger partial charge in [0.2, 0.25) is 5.82 Å². The van der Waals surface area contributed by atoms with Crippen molar-refractivity contribution in [2.45, 2.75) is 0 Å². The number of hydrogen-bond donors (Lipinski definition) is 0. The SMILES string of the molecule is O=c1c2ccccc2nc(-c2cc3cc(Br)ccc3o2)n1N=Cc1cccn1-c1ccc2ccccc2c1. The van der Waals surface area contributed by atoms with Gasteiger partial charge in [0.1, 0.15) is 5.58 Å². The highest BCUT2D eigenvalue weighted by Gasteiger charge is 2.17. The van der Waals surface area contributed by atoms with E-state index >= 15 is 0 Å². The summed E-state index contributed by atoms with van der Waals surface area (Å²) >= 11 is 3.50. The average molecular weight is 559 g/mol. The largest absolute Gasteiger partial charge is 0.453 e. The highest BCUT2D eigenvalue weighted by atomic mass is 79.9. The molecule has 7 heteroatoms. The smallest absolute Gasteiger partial charge is 0.282 e. The molecule has 0 bridgehead atoms. The van der Waals surface area contributed by atoms with Gasteiger partial charge in [-0.2, -0.15) is 9.78 Å². The molecule has 0 saturated carbocycles. The zero-order valence-electron chi connectivity index (χ0n) is 20.0. The van der Waals surface area contributed by atoms with E-state index < -0.39 is 0 Å². The van der Waals surface area contributed by atoms with Crippen molar-refractivity contribution in [3.63, 3.8) is 0 Å². The minimum absolute atomic E-state index is 0.271. The molecule has 3 aromatic heterocycles. The second-order valence-corrected chi connectivity index (χ2v) is 9.86. The minimum atomic E-state index is -0.271. The third kappa shape index (κ3) is 3.84. The van der Waals surface area contributed by atoms with Crippen molar-refractivity contribution in [1.29, 1.82) is 0 Å². The fourth-order valence-corrected chi connectivity index (χ4v) is 5.07. The van der Waals surface area contributed by atoms with Crippen LogP contribution in [0.3, 0.4) is 0 Å². The van der Waals surface area contributed by atoms with Crippen molar-refractivity contribution >= 4 is 54.8 Å². The van der Waals surface area contributed by atoms with Crippen molar-refractivity contribution in [3.05, 3.63) is 130 Å². The van der Waals surface area contributed by atoms with Gasteiger partial charge in [-0.25, -0.2) is 4.98 Å². The molecule has 0 radical (unpaired) electrons. The molecule has 182 valence electrons. The van der Waals surface area contributed by atoms with E-state index in [9.17, 15) is 4.79 Å². The van der Waals surface area contributed by atoms with E-state index in [1.807, 2.05) is 77.5 Å². The zero-order valence-corrected chi connectivity index (χ0v) is 21.5. The van der Waals surface area contributed by atoms with Crippen molar-refractivity contribution < 1.29 is 4.42 Å². The summed E-state index contributed by atoms with van der Waals surface area (Å²) in [5.41, 5.74) is 2.83. The molecule has 0 N–H and O–H groups in total. The van der Waals surface area contributed by atoms with E-state index in [4.69, 9.17) is 9.40 Å². The number of aromatic nitrogens is 3. The molecule has 7 aromatic rings. The van der Waals surface area contributed by atoms with Gasteiger partial charge in [-0.1, -0.05) is 58.4 Å². The Bertz CT molecular complexity index is 2080. The predicted octanol–water partition coefficient (Wildman–Crippen LogP) is 7.40. The Labute approximate surface area is 225 Å². The number of rotatable bonds is 4. The van der Waals surface area contributed by atoms with Gasteiger partial charge < -0.3 is 8.98 Å². The predicted molar refractivity (Wildman–Crippen MR) is 155 cm³/mol. The number of fused-ring (bicyclic) bond motifs is 3. The first-order valence-corrected chi connectivity index (χ1v) is 12.9. The van der Waals surface area contributed by atoms with Gasteiger partial charge in [-0.3, -0.25) is 4.79 Å². The fourth-order valence-electron chi connectivity index (χ4n) is 4.69. The lowest BCUT2D eigenvalue weighted by molar-refractivity contribution is 0.616. The standard InChI is InChI=1S/C31H19BrN4O2/c32-23-12-14-28-22(16-23)18-29(38-28)30-34-27-10-4-3-9-26(27)31(37)36(30)33-19-25-8-5-15-35(25)24-13-11-20-6-1-2-7-21(20)17-24/h1-19H. The molecule has 0 fully saturated rings. The molecule has 0 aliphatic carbocycles. The quantitative estimate of drug-likeness (QED) is 0.211. The van der Waals surface area contributed by atoms with Crippen LogP contribution in [0, 0.1) is 0 Å². The van der Waals surface area contributed by atoms with Gasteiger partial charge in [-0.05, 0) is 71.4 Å². The van der Waals surface area contributed by atoms with Crippen LogP contribution in [-0.4, -0.2) is 20.4 Å². The fraction of sp³-hybridized carbons (Fsp3) is 0. The first-order valence-electron chi connectivity index (χ1n) is 12.1. The van der Waals surface area contributed by atoms with E-state index in [2.05, 4.69) is 51.4 Å². The monoisotopic (exact) mass is 558 g/mol. The molecule has 0 aliphatic rings. The molecule has 0 aliphatic heterocycles. The summed E-state index contributed by atoms with van der Waals surface area (Å²) in [5, 5.41) is 8.35. The third-order valence-electron chi connectivity index (χ3n) is 6.55. The maximum absolute atomic E-state index is 13.6. The lowest BCUT2D eigenvalue weighted by atomic mass is 10.1. The van der Waals surface area contributed by atoms with Crippen LogP contribution in [0.5, 0.6) is 0 Å². The lowest BCUT2D eigenvalue weighted by Gasteiger charge is -2.09. The summed E-state index contributed by atoms with van der Waals surface area (Å²) in [6.45, 7) is 0. The van der Waals surface area contributed by atoms with Gasteiger partial charge >= 0.3 is 0 Å². The Morgan fingerprint density at radius 3 is 2.58 bits per heavy atom. The molecule has 4 aromatic carbocycles. The minimum Gasteiger partial charge on any atom is -0.453 e. The van der Waals surface area contributed by atoms with E-state index in [1.54, 1.807) is 12.3 Å². The third-order valence-corrected chi connectivity index (χ3v) is 7.04. The summed E-state index contributed by atoms with van der Waals surface area (Å²) in [5.74, 6) is 0.795. The molecule has 0 atom stereocenters. The number of para-hydroxylation sites is 1. The van der Waals surface area contributed by atoms with Crippen LogP contribution < -0.4 is 5.56 Å². The van der Waals surface area contributed by atoms with E-state index in [1.165, 1.54) is 10.1 Å². The Kier molecular flexibility index (Phi) is 5.30. The van der Waals surface area contributed by atoms with E-state index in [0.29, 0.717) is 28.1 Å². The van der Waals surface area contributed by atoms with Gasteiger partial charge in [0, 0.05) is 21.7 Å². The number of benzene rings is 4. The Hall–Kier alpha value is -4.75. The van der Waals surface area contributed by atoms with Crippen LogP contribution in [0.1, 0.15) is 5.69 Å². The molecule has 0 saturated heterocycles. The second kappa shape index (κ2) is 8.97. The van der Waals surface area contributed by atoms with Crippen molar-refractivity contribution in [2.24, 2.45) is 5.10 Å². The molecule has 38 heavy (non-hydrogen) atoms. The Morgan fingerprint density at radius 1 is 0.816 bits per heavy atom. The van der Waals surface area contributed by atoms with Crippen LogP contribution in [0.15, 0.2) is 128 Å². The lowest BCUT2D eigenvalue weighted by Crippen LogP contribution is -2.20. The summed E-state index contributed by atoms with van der Waals surface area (Å²) in [6, 6.07) is 33.3. The maximum atomic E-state index is 13.6. The number of furan rings is 1. The molecule has 7 rings (SSSR count). The number of halogens is 1. The molecular weight excluding hydrogens is 540 g/mol. The highest BCUT2D eigenvalue weighted by molar-refractivity contribution is 9.10. The first kappa shape index (κ1) is 22.4. The normalized spacial score (nSPS) is 11.8.